The fourth-order valence-corrected chi connectivity index (χ4v) is 1.58. The van der Waals surface area contributed by atoms with E-state index in [0.29, 0.717) is 6.54 Å². The summed E-state index contributed by atoms with van der Waals surface area (Å²) in [5, 5.41) is 3.29. The minimum Gasteiger partial charge on any atom is -0.306 e. The minimum absolute atomic E-state index is 0.710. The highest BCUT2D eigenvalue weighted by Gasteiger charge is 1.91. The van der Waals surface area contributed by atoms with Crippen molar-refractivity contribution < 1.29 is 0 Å². The van der Waals surface area contributed by atoms with Crippen molar-refractivity contribution in [1.82, 2.24) is 10.3 Å². The molecular weight excluding hydrogens is 220 g/mol. The molecule has 0 fully saturated rings. The maximum absolute atomic E-state index is 4.27. The van der Waals surface area contributed by atoms with Crippen LogP contribution >= 0.6 is 0 Å². The van der Waals surface area contributed by atoms with Gasteiger partial charge in [0.15, 0.2) is 0 Å². The predicted octanol–water partition coefficient (Wildman–Crippen LogP) is 2.27. The summed E-state index contributed by atoms with van der Waals surface area (Å²) in [6.45, 7) is 1.61. The number of nitrogens with zero attached hydrogens (tertiary/aromatic N) is 1. The number of nitrogens with one attached hydrogen (secondary N) is 1. The van der Waals surface area contributed by atoms with Crippen molar-refractivity contribution >= 4 is 0 Å². The molecule has 2 nitrogen and oxygen atoms in total. The lowest BCUT2D eigenvalue weighted by atomic mass is 10.2. The summed E-state index contributed by atoms with van der Waals surface area (Å²) in [5.74, 6) is 6.22. The standard InChI is InChI=1S/C16H16N2/c1-2-7-15(8-3-1)9-6-12-17-14-11-16-10-4-5-13-18-16/h1-5,7-8,10,13,17H,11-12,14H2. The molecule has 2 rings (SSSR count). The van der Waals surface area contributed by atoms with E-state index in [0.717, 1.165) is 24.2 Å². The van der Waals surface area contributed by atoms with Gasteiger partial charge in [-0.15, -0.1) is 0 Å². The van der Waals surface area contributed by atoms with E-state index in [1.807, 2.05) is 54.7 Å². The summed E-state index contributed by atoms with van der Waals surface area (Å²) >= 11 is 0. The van der Waals surface area contributed by atoms with Crippen LogP contribution in [0.2, 0.25) is 0 Å². The Kier molecular flexibility index (Phi) is 4.98. The van der Waals surface area contributed by atoms with Crippen LogP contribution in [0.5, 0.6) is 0 Å². The highest BCUT2D eigenvalue weighted by molar-refractivity contribution is 5.33. The van der Waals surface area contributed by atoms with Crippen LogP contribution in [0.3, 0.4) is 0 Å². The normalized spacial score (nSPS) is 9.56. The van der Waals surface area contributed by atoms with Crippen LogP contribution in [0.15, 0.2) is 54.7 Å². The van der Waals surface area contributed by atoms with Crippen LogP contribution in [0.4, 0.5) is 0 Å². The van der Waals surface area contributed by atoms with E-state index in [4.69, 9.17) is 0 Å². The third-order valence-corrected chi connectivity index (χ3v) is 2.50. The number of pyridine rings is 1. The van der Waals surface area contributed by atoms with Gasteiger partial charge in [-0.25, -0.2) is 0 Å². The molecule has 0 spiro atoms. The van der Waals surface area contributed by atoms with E-state index in [1.54, 1.807) is 0 Å². The molecule has 1 N–H and O–H groups in total. The summed E-state index contributed by atoms with van der Waals surface area (Å²) in [5.41, 5.74) is 2.17. The summed E-state index contributed by atoms with van der Waals surface area (Å²) in [6.07, 6.45) is 2.76. The number of rotatable bonds is 4. The van der Waals surface area contributed by atoms with Gasteiger partial charge in [0.1, 0.15) is 0 Å². The van der Waals surface area contributed by atoms with Crippen molar-refractivity contribution in [2.45, 2.75) is 6.42 Å². The van der Waals surface area contributed by atoms with Gasteiger partial charge < -0.3 is 5.32 Å². The third kappa shape index (κ3) is 4.40. The molecule has 2 aromatic rings. The molecule has 0 bridgehead atoms. The Labute approximate surface area is 108 Å². The predicted molar refractivity (Wildman–Crippen MR) is 74.1 cm³/mol. The van der Waals surface area contributed by atoms with E-state index < -0.39 is 0 Å². The smallest absolute Gasteiger partial charge is 0.0580 e. The average Bonchev–Trinajstić information content (AvgIpc) is 2.45. The summed E-state index contributed by atoms with van der Waals surface area (Å²) < 4.78 is 0. The molecule has 1 aromatic heterocycles. The zero-order chi connectivity index (χ0) is 12.5. The van der Waals surface area contributed by atoms with Crippen molar-refractivity contribution in [2.24, 2.45) is 0 Å². The van der Waals surface area contributed by atoms with E-state index in [1.165, 1.54) is 0 Å². The molecule has 0 amide bonds. The average molecular weight is 236 g/mol. The molecule has 2 heteroatoms. The maximum Gasteiger partial charge on any atom is 0.0580 e. The van der Waals surface area contributed by atoms with Crippen molar-refractivity contribution in [3.8, 4) is 11.8 Å². The Morgan fingerprint density at radius 2 is 1.83 bits per heavy atom. The lowest BCUT2D eigenvalue weighted by molar-refractivity contribution is 0.741. The van der Waals surface area contributed by atoms with Gasteiger partial charge in [0.2, 0.25) is 0 Å². The fourth-order valence-electron chi connectivity index (χ4n) is 1.58. The van der Waals surface area contributed by atoms with Gasteiger partial charge in [-0.2, -0.15) is 0 Å². The van der Waals surface area contributed by atoms with E-state index >= 15 is 0 Å². The quantitative estimate of drug-likeness (QED) is 0.650. The third-order valence-electron chi connectivity index (χ3n) is 2.50. The Hall–Kier alpha value is -2.11. The Morgan fingerprint density at radius 1 is 1.00 bits per heavy atom. The first-order valence-electron chi connectivity index (χ1n) is 6.10. The van der Waals surface area contributed by atoms with Crippen molar-refractivity contribution in [2.75, 3.05) is 13.1 Å². The van der Waals surface area contributed by atoms with Crippen molar-refractivity contribution in [3.05, 3.63) is 66.0 Å². The van der Waals surface area contributed by atoms with Gasteiger partial charge in [-0.05, 0) is 24.3 Å². The van der Waals surface area contributed by atoms with Crippen LogP contribution < -0.4 is 5.32 Å². The molecule has 18 heavy (non-hydrogen) atoms. The first kappa shape index (κ1) is 12.3. The largest absolute Gasteiger partial charge is 0.306 e. The van der Waals surface area contributed by atoms with Gasteiger partial charge in [-0.3, -0.25) is 4.98 Å². The Morgan fingerprint density at radius 3 is 2.61 bits per heavy atom. The molecule has 1 heterocycles. The first-order valence-corrected chi connectivity index (χ1v) is 6.10. The van der Waals surface area contributed by atoms with Crippen LogP contribution in [-0.4, -0.2) is 18.1 Å². The number of hydrogen-bond acceptors (Lipinski definition) is 2. The molecule has 0 aliphatic rings. The van der Waals surface area contributed by atoms with E-state index in [-0.39, 0.29) is 0 Å². The van der Waals surface area contributed by atoms with Crippen molar-refractivity contribution in [1.29, 1.82) is 0 Å². The van der Waals surface area contributed by atoms with Crippen LogP contribution in [0, 0.1) is 11.8 Å². The summed E-state index contributed by atoms with van der Waals surface area (Å²) in [4.78, 5) is 4.27. The second kappa shape index (κ2) is 7.26. The summed E-state index contributed by atoms with van der Waals surface area (Å²) in [6, 6.07) is 16.0. The minimum atomic E-state index is 0.710. The van der Waals surface area contributed by atoms with Crippen LogP contribution in [0.1, 0.15) is 11.3 Å². The second-order valence-electron chi connectivity index (χ2n) is 3.92. The molecular formula is C16H16N2. The Bertz CT molecular complexity index is 509. The number of hydrogen-bond donors (Lipinski definition) is 1. The molecule has 0 aliphatic carbocycles. The molecule has 90 valence electrons. The molecule has 1 aromatic carbocycles. The highest BCUT2D eigenvalue weighted by Crippen LogP contribution is 1.94. The van der Waals surface area contributed by atoms with Crippen molar-refractivity contribution in [3.63, 3.8) is 0 Å². The van der Waals surface area contributed by atoms with Gasteiger partial charge in [-0.1, -0.05) is 36.1 Å². The monoisotopic (exact) mass is 236 g/mol. The van der Waals surface area contributed by atoms with Gasteiger partial charge in [0.25, 0.3) is 0 Å². The zero-order valence-electron chi connectivity index (χ0n) is 10.3. The SMILES string of the molecule is C(#Cc1ccccc1)CNCCc1ccccn1. The molecule has 0 radical (unpaired) electrons. The van der Waals surface area contributed by atoms with Crippen LogP contribution in [0.25, 0.3) is 0 Å². The lowest BCUT2D eigenvalue weighted by Gasteiger charge is -1.99. The first-order chi connectivity index (χ1) is 8.95. The fraction of sp³-hybridized carbons (Fsp3) is 0.188. The molecule has 0 saturated heterocycles. The maximum atomic E-state index is 4.27. The summed E-state index contributed by atoms with van der Waals surface area (Å²) in [7, 11) is 0. The molecule has 0 atom stereocenters. The van der Waals surface area contributed by atoms with Crippen LogP contribution in [-0.2, 0) is 6.42 Å². The second-order valence-corrected chi connectivity index (χ2v) is 3.92. The van der Waals surface area contributed by atoms with Gasteiger partial charge in [0, 0.05) is 30.4 Å². The topological polar surface area (TPSA) is 24.9 Å². The number of aromatic nitrogens is 1. The number of benzene rings is 1. The van der Waals surface area contributed by atoms with E-state index in [9.17, 15) is 0 Å². The van der Waals surface area contributed by atoms with Gasteiger partial charge in [0.05, 0.1) is 6.54 Å². The highest BCUT2D eigenvalue weighted by atomic mass is 14.8. The molecule has 0 unspecified atom stereocenters. The lowest BCUT2D eigenvalue weighted by Crippen LogP contribution is -2.17. The molecule has 0 aliphatic heterocycles. The zero-order valence-corrected chi connectivity index (χ0v) is 10.3. The Balaban J connectivity index is 1.67. The van der Waals surface area contributed by atoms with E-state index in [2.05, 4.69) is 22.1 Å². The van der Waals surface area contributed by atoms with Gasteiger partial charge >= 0.3 is 0 Å². The molecule has 0 saturated carbocycles.